The Morgan fingerprint density at radius 3 is 2.78 bits per heavy atom. The average molecular weight is 398 g/mol. The molecular weight excluding hydrogens is 378 g/mol. The first-order chi connectivity index (χ1) is 13.0. The van der Waals surface area contributed by atoms with Crippen molar-refractivity contribution in [2.75, 3.05) is 20.6 Å². The highest BCUT2D eigenvalue weighted by Gasteiger charge is 2.15. The van der Waals surface area contributed by atoms with Crippen LogP contribution in [0.25, 0.3) is 31.7 Å². The Kier molecular flexibility index (Phi) is 5.00. The lowest BCUT2D eigenvalue weighted by atomic mass is 10.1. The van der Waals surface area contributed by atoms with Crippen LogP contribution in [-0.4, -0.2) is 35.1 Å². The minimum Gasteiger partial charge on any atom is -0.346 e. The van der Waals surface area contributed by atoms with Crippen molar-refractivity contribution < 1.29 is 0 Å². The van der Waals surface area contributed by atoms with Gasteiger partial charge in [-0.1, -0.05) is 23.7 Å². The van der Waals surface area contributed by atoms with Gasteiger partial charge >= 0.3 is 0 Å². The molecule has 6 heteroatoms. The van der Waals surface area contributed by atoms with Gasteiger partial charge in [-0.05, 0) is 57.4 Å². The zero-order valence-corrected chi connectivity index (χ0v) is 16.8. The monoisotopic (exact) mass is 397 g/mol. The minimum absolute atomic E-state index is 0.00424. The fourth-order valence-electron chi connectivity index (χ4n) is 3.25. The number of fused-ring (bicyclic) bond motifs is 2. The van der Waals surface area contributed by atoms with Gasteiger partial charge in [0, 0.05) is 23.2 Å². The van der Waals surface area contributed by atoms with E-state index < -0.39 is 0 Å². The van der Waals surface area contributed by atoms with E-state index in [2.05, 4.69) is 28.5 Å². The Morgan fingerprint density at radius 1 is 1.19 bits per heavy atom. The lowest BCUT2D eigenvalue weighted by Crippen LogP contribution is -2.17. The molecule has 0 atom stereocenters. The molecule has 2 aromatic carbocycles. The fourth-order valence-corrected chi connectivity index (χ4v) is 4.38. The van der Waals surface area contributed by atoms with E-state index in [0.717, 1.165) is 40.3 Å². The third kappa shape index (κ3) is 3.63. The Hall–Kier alpha value is -2.21. The number of hydrogen-bond acceptors (Lipinski definition) is 4. The van der Waals surface area contributed by atoms with Crippen molar-refractivity contribution in [3.05, 3.63) is 63.9 Å². The highest BCUT2D eigenvalue weighted by Crippen LogP contribution is 2.30. The second-order valence-electron chi connectivity index (χ2n) is 6.87. The van der Waals surface area contributed by atoms with Gasteiger partial charge in [0.1, 0.15) is 5.01 Å². The van der Waals surface area contributed by atoms with Crippen LogP contribution in [0.1, 0.15) is 6.42 Å². The summed E-state index contributed by atoms with van der Waals surface area (Å²) in [5, 5.41) is 2.08. The first-order valence-corrected chi connectivity index (χ1v) is 10.1. The molecule has 0 unspecified atom stereocenters. The number of aryl methyl sites for hydroxylation is 1. The molecule has 138 valence electrons. The highest BCUT2D eigenvalue weighted by molar-refractivity contribution is 7.21. The molecule has 0 aliphatic carbocycles. The standard InChI is InChI=1S/C21H20ClN3OS/c1-24(2)10-5-11-25-13-16(20(26)15-9-8-14(22)12-18(15)25)21-23-17-6-3-4-7-19(17)27-21/h3-4,6-9,12-13H,5,10-11H2,1-2H3. The van der Waals surface area contributed by atoms with Gasteiger partial charge in [-0.2, -0.15) is 0 Å². The topological polar surface area (TPSA) is 38.1 Å². The van der Waals surface area contributed by atoms with Gasteiger partial charge in [-0.25, -0.2) is 4.98 Å². The molecule has 0 saturated carbocycles. The van der Waals surface area contributed by atoms with Gasteiger partial charge in [0.15, 0.2) is 5.43 Å². The smallest absolute Gasteiger partial charge is 0.199 e. The van der Waals surface area contributed by atoms with Gasteiger partial charge in [0.2, 0.25) is 0 Å². The lowest BCUT2D eigenvalue weighted by Gasteiger charge is -2.15. The Bertz CT molecular complexity index is 1150. The van der Waals surface area contributed by atoms with Gasteiger partial charge in [0.25, 0.3) is 0 Å². The molecule has 4 rings (SSSR count). The van der Waals surface area contributed by atoms with Gasteiger partial charge in [-0.3, -0.25) is 4.79 Å². The quantitative estimate of drug-likeness (QED) is 0.481. The van der Waals surface area contributed by atoms with Crippen molar-refractivity contribution in [3.8, 4) is 10.6 Å². The maximum Gasteiger partial charge on any atom is 0.199 e. The molecule has 0 N–H and O–H groups in total. The van der Waals surface area contributed by atoms with Crippen molar-refractivity contribution in [2.45, 2.75) is 13.0 Å². The molecule has 0 bridgehead atoms. The molecule has 0 fully saturated rings. The number of para-hydroxylation sites is 1. The summed E-state index contributed by atoms with van der Waals surface area (Å²) in [5.41, 5.74) is 2.45. The van der Waals surface area contributed by atoms with Gasteiger partial charge in [-0.15, -0.1) is 11.3 Å². The summed E-state index contributed by atoms with van der Waals surface area (Å²) < 4.78 is 3.22. The summed E-state index contributed by atoms with van der Waals surface area (Å²) >= 11 is 7.76. The fraction of sp³-hybridized carbons (Fsp3) is 0.238. The van der Waals surface area contributed by atoms with Crippen molar-refractivity contribution in [3.63, 3.8) is 0 Å². The van der Waals surface area contributed by atoms with Crippen LogP contribution in [0.3, 0.4) is 0 Å². The van der Waals surface area contributed by atoms with Crippen LogP contribution in [0.15, 0.2) is 53.5 Å². The maximum absolute atomic E-state index is 13.2. The normalized spacial score (nSPS) is 11.7. The molecule has 0 spiro atoms. The molecule has 0 saturated heterocycles. The molecule has 0 aliphatic rings. The number of hydrogen-bond donors (Lipinski definition) is 0. The molecule has 2 heterocycles. The first kappa shape index (κ1) is 18.2. The second kappa shape index (κ2) is 7.43. The minimum atomic E-state index is 0.00424. The summed E-state index contributed by atoms with van der Waals surface area (Å²) in [6.07, 6.45) is 2.92. The van der Waals surface area contributed by atoms with Crippen molar-refractivity contribution >= 4 is 44.1 Å². The van der Waals surface area contributed by atoms with Gasteiger partial charge < -0.3 is 9.47 Å². The van der Waals surface area contributed by atoms with Crippen LogP contribution >= 0.6 is 22.9 Å². The van der Waals surface area contributed by atoms with E-state index in [0.29, 0.717) is 16.0 Å². The number of thiazole rings is 1. The molecule has 0 aliphatic heterocycles. The Morgan fingerprint density at radius 2 is 2.00 bits per heavy atom. The summed E-state index contributed by atoms with van der Waals surface area (Å²) in [6, 6.07) is 13.4. The third-order valence-corrected chi connectivity index (χ3v) is 5.88. The predicted octanol–water partition coefficient (Wildman–Crippen LogP) is 4.88. The number of nitrogens with zero attached hydrogens (tertiary/aromatic N) is 3. The van der Waals surface area contributed by atoms with Gasteiger partial charge in [0.05, 0.1) is 21.3 Å². The van der Waals surface area contributed by atoms with Crippen molar-refractivity contribution in [1.82, 2.24) is 14.5 Å². The van der Waals surface area contributed by atoms with Crippen LogP contribution in [0.4, 0.5) is 0 Å². The van der Waals surface area contributed by atoms with E-state index in [4.69, 9.17) is 11.6 Å². The van der Waals surface area contributed by atoms with E-state index in [1.807, 2.05) is 42.6 Å². The molecule has 4 nitrogen and oxygen atoms in total. The molecule has 27 heavy (non-hydrogen) atoms. The first-order valence-electron chi connectivity index (χ1n) is 8.86. The third-order valence-electron chi connectivity index (χ3n) is 4.57. The number of aromatic nitrogens is 2. The van der Waals surface area contributed by atoms with Crippen LogP contribution in [-0.2, 0) is 6.54 Å². The van der Waals surface area contributed by atoms with Crippen LogP contribution in [0.2, 0.25) is 5.02 Å². The van der Waals surface area contributed by atoms with E-state index in [1.165, 1.54) is 0 Å². The molecule has 0 radical (unpaired) electrons. The highest BCUT2D eigenvalue weighted by atomic mass is 35.5. The second-order valence-corrected chi connectivity index (χ2v) is 8.34. The zero-order chi connectivity index (χ0) is 19.0. The summed E-state index contributed by atoms with van der Waals surface area (Å²) in [6.45, 7) is 1.79. The van der Waals surface area contributed by atoms with Crippen LogP contribution in [0.5, 0.6) is 0 Å². The largest absolute Gasteiger partial charge is 0.346 e. The van der Waals surface area contributed by atoms with Crippen LogP contribution in [0, 0.1) is 0 Å². The van der Waals surface area contributed by atoms with E-state index >= 15 is 0 Å². The maximum atomic E-state index is 13.2. The molecule has 0 amide bonds. The zero-order valence-electron chi connectivity index (χ0n) is 15.3. The predicted molar refractivity (Wildman–Crippen MR) is 115 cm³/mol. The van der Waals surface area contributed by atoms with E-state index in [9.17, 15) is 4.79 Å². The lowest BCUT2D eigenvalue weighted by molar-refractivity contribution is 0.388. The number of halogens is 1. The number of rotatable bonds is 5. The molecular formula is C21H20ClN3OS. The number of pyridine rings is 1. The summed E-state index contributed by atoms with van der Waals surface area (Å²) in [7, 11) is 4.12. The SMILES string of the molecule is CN(C)CCCn1cc(-c2nc3ccccc3s2)c(=O)c2ccc(Cl)cc21. The van der Waals surface area contributed by atoms with Crippen LogP contribution < -0.4 is 5.43 Å². The summed E-state index contributed by atoms with van der Waals surface area (Å²) in [5.74, 6) is 0. The van der Waals surface area contributed by atoms with E-state index in [-0.39, 0.29) is 5.43 Å². The van der Waals surface area contributed by atoms with Crippen molar-refractivity contribution in [2.24, 2.45) is 0 Å². The Labute approximate surface area is 166 Å². The molecule has 2 aromatic heterocycles. The van der Waals surface area contributed by atoms with E-state index in [1.54, 1.807) is 17.4 Å². The van der Waals surface area contributed by atoms with Crippen molar-refractivity contribution in [1.29, 1.82) is 0 Å². The summed E-state index contributed by atoms with van der Waals surface area (Å²) in [4.78, 5) is 20.0. The molecule has 4 aromatic rings. The number of benzene rings is 2. The average Bonchev–Trinajstić information content (AvgIpc) is 3.07. The Balaban J connectivity index is 1.88.